The molecule has 0 unspecified atom stereocenters. The first-order chi connectivity index (χ1) is 10.7. The maximum atomic E-state index is 14.0. The van der Waals surface area contributed by atoms with Gasteiger partial charge in [-0.3, -0.25) is 14.0 Å². The second kappa shape index (κ2) is 4.87. The zero-order valence-corrected chi connectivity index (χ0v) is 13.9. The topological polar surface area (TPSA) is 57.9 Å². The van der Waals surface area contributed by atoms with Gasteiger partial charge in [-0.2, -0.15) is 5.26 Å². The van der Waals surface area contributed by atoms with E-state index in [-0.39, 0.29) is 23.1 Å². The van der Waals surface area contributed by atoms with Crippen molar-refractivity contribution in [1.29, 1.82) is 5.26 Å². The average Bonchev–Trinajstić information content (AvgIpc) is 2.52. The Morgan fingerprint density at radius 3 is 2.61 bits per heavy atom. The lowest BCUT2D eigenvalue weighted by molar-refractivity contribution is -0.131. The fraction of sp³-hybridized carbons (Fsp3) is 0.632. The number of ketones is 2. The first kappa shape index (κ1) is 16.1. The zero-order chi connectivity index (χ0) is 17.0. The lowest BCUT2D eigenvalue weighted by atomic mass is 9.45. The van der Waals surface area contributed by atoms with Crippen LogP contribution in [0.5, 0.6) is 0 Å². The van der Waals surface area contributed by atoms with Gasteiger partial charge < -0.3 is 0 Å². The number of nitriles is 1. The molecule has 0 N–H and O–H groups in total. The number of Topliss-reactive ketones (excluding diaryl/α,β-unsaturated/α-hetero) is 1. The number of fused-ring (bicyclic) bond motifs is 3. The Morgan fingerprint density at radius 2 is 2.00 bits per heavy atom. The summed E-state index contributed by atoms with van der Waals surface area (Å²) in [5, 5.41) is 9.37. The maximum Gasteiger partial charge on any atom is 0.178 e. The Hall–Kier alpha value is -1.76. The Morgan fingerprint density at radius 1 is 1.30 bits per heavy atom. The number of rotatable bonds is 1. The third-order valence-corrected chi connectivity index (χ3v) is 6.46. The van der Waals surface area contributed by atoms with Gasteiger partial charge in [0.15, 0.2) is 11.6 Å². The zero-order valence-electron chi connectivity index (χ0n) is 13.9. The van der Waals surface area contributed by atoms with Crippen LogP contribution in [0.25, 0.3) is 0 Å². The summed E-state index contributed by atoms with van der Waals surface area (Å²) >= 11 is 0. The monoisotopic (exact) mass is 315 g/mol. The molecule has 3 aliphatic rings. The average molecular weight is 315 g/mol. The van der Waals surface area contributed by atoms with Crippen LogP contribution in [0.15, 0.2) is 23.3 Å². The van der Waals surface area contributed by atoms with Crippen LogP contribution >= 0.6 is 0 Å². The van der Waals surface area contributed by atoms with E-state index in [9.17, 15) is 19.2 Å². The third-order valence-electron chi connectivity index (χ3n) is 6.46. The number of carbonyl (C=O) groups is 2. The predicted octanol–water partition coefficient (Wildman–Crippen LogP) is 3.71. The second-order valence-corrected chi connectivity index (χ2v) is 8.03. The van der Waals surface area contributed by atoms with Gasteiger partial charge in [-0.25, -0.2) is 0 Å². The molecule has 122 valence electrons. The van der Waals surface area contributed by atoms with Crippen molar-refractivity contribution in [2.24, 2.45) is 22.2 Å². The van der Waals surface area contributed by atoms with Crippen molar-refractivity contribution in [2.45, 2.75) is 46.5 Å². The fourth-order valence-electron chi connectivity index (χ4n) is 5.23. The lowest BCUT2D eigenvalue weighted by Gasteiger charge is -2.58. The van der Waals surface area contributed by atoms with E-state index < -0.39 is 22.9 Å². The summed E-state index contributed by atoms with van der Waals surface area (Å²) in [4.78, 5) is 24.6. The van der Waals surface area contributed by atoms with Crippen LogP contribution in [-0.2, 0) is 9.59 Å². The van der Waals surface area contributed by atoms with Crippen LogP contribution in [0.1, 0.15) is 46.5 Å². The van der Waals surface area contributed by atoms with E-state index in [0.717, 1.165) is 12.0 Å². The molecule has 4 heteroatoms. The SMILES string of the molecule is CC1(C)C(=O)C(C#N)=C[C@]2(C)C3=CC(=O)CC[C@]3(CF)CC[C@@H]12. The van der Waals surface area contributed by atoms with E-state index in [1.807, 2.05) is 26.8 Å². The van der Waals surface area contributed by atoms with Gasteiger partial charge in [0, 0.05) is 22.7 Å². The molecule has 1 saturated carbocycles. The normalized spacial score (nSPS) is 38.8. The number of hydrogen-bond acceptors (Lipinski definition) is 3. The number of carbonyl (C=O) groups excluding carboxylic acids is 2. The van der Waals surface area contributed by atoms with Crippen molar-refractivity contribution >= 4 is 11.6 Å². The summed E-state index contributed by atoms with van der Waals surface area (Å²) in [6.07, 6.45) is 5.62. The highest BCUT2D eigenvalue weighted by Gasteiger charge is 2.59. The minimum Gasteiger partial charge on any atom is -0.295 e. The Labute approximate surface area is 136 Å². The molecular weight excluding hydrogens is 293 g/mol. The molecule has 3 aliphatic carbocycles. The van der Waals surface area contributed by atoms with Crippen LogP contribution in [0, 0.1) is 33.5 Å². The molecule has 3 atom stereocenters. The largest absolute Gasteiger partial charge is 0.295 e. The summed E-state index contributed by atoms with van der Waals surface area (Å²) in [7, 11) is 0. The first-order valence-electron chi connectivity index (χ1n) is 8.20. The number of alkyl halides is 1. The van der Waals surface area contributed by atoms with Crippen molar-refractivity contribution < 1.29 is 14.0 Å². The predicted molar refractivity (Wildman–Crippen MR) is 84.0 cm³/mol. The smallest absolute Gasteiger partial charge is 0.178 e. The van der Waals surface area contributed by atoms with E-state index in [0.29, 0.717) is 19.3 Å². The third kappa shape index (κ3) is 1.99. The van der Waals surface area contributed by atoms with Crippen LogP contribution in [-0.4, -0.2) is 18.2 Å². The standard InChI is InChI=1S/C19H22FNO2/c1-17(2)14-5-7-19(11-20)6-4-13(22)8-15(19)18(14,3)9-12(10-21)16(17)23/h8-9,14H,4-7,11H2,1-3H3/t14-,18-,19+/m0/s1. The van der Waals surface area contributed by atoms with Crippen molar-refractivity contribution in [2.75, 3.05) is 6.67 Å². The second-order valence-electron chi connectivity index (χ2n) is 8.03. The van der Waals surface area contributed by atoms with E-state index in [4.69, 9.17) is 0 Å². The molecule has 0 saturated heterocycles. The Balaban J connectivity index is 2.26. The van der Waals surface area contributed by atoms with Crippen molar-refractivity contribution in [3.63, 3.8) is 0 Å². The molecule has 0 heterocycles. The highest BCUT2D eigenvalue weighted by Crippen LogP contribution is 2.64. The number of halogens is 1. The number of nitrogens with zero attached hydrogens (tertiary/aromatic N) is 1. The molecule has 0 amide bonds. The fourth-order valence-corrected chi connectivity index (χ4v) is 5.23. The van der Waals surface area contributed by atoms with Gasteiger partial charge >= 0.3 is 0 Å². The molecule has 0 aromatic carbocycles. The first-order valence-corrected chi connectivity index (χ1v) is 8.20. The molecule has 3 rings (SSSR count). The summed E-state index contributed by atoms with van der Waals surface area (Å²) in [5.41, 5.74) is -0.954. The van der Waals surface area contributed by atoms with Crippen LogP contribution < -0.4 is 0 Å². The molecule has 0 aromatic rings. The highest BCUT2D eigenvalue weighted by molar-refractivity contribution is 6.04. The number of allylic oxidation sites excluding steroid dienone is 4. The van der Waals surface area contributed by atoms with Gasteiger partial charge in [0.05, 0.1) is 12.2 Å². The summed E-state index contributed by atoms with van der Waals surface area (Å²) < 4.78 is 14.0. The maximum absolute atomic E-state index is 14.0. The molecule has 0 spiro atoms. The quantitative estimate of drug-likeness (QED) is 0.741. The van der Waals surface area contributed by atoms with Gasteiger partial charge in [0.25, 0.3) is 0 Å². The molecule has 0 bridgehead atoms. The molecular formula is C19H22FNO2. The van der Waals surface area contributed by atoms with Crippen molar-refractivity contribution in [3.05, 3.63) is 23.3 Å². The van der Waals surface area contributed by atoms with Gasteiger partial charge in [-0.1, -0.05) is 26.8 Å². The summed E-state index contributed by atoms with van der Waals surface area (Å²) in [6.45, 7) is 5.22. The minimum atomic E-state index is -0.682. The van der Waals surface area contributed by atoms with Gasteiger partial charge in [-0.05, 0) is 36.8 Å². The molecule has 3 nitrogen and oxygen atoms in total. The molecule has 0 radical (unpaired) electrons. The van der Waals surface area contributed by atoms with Crippen molar-refractivity contribution in [3.8, 4) is 6.07 Å². The van der Waals surface area contributed by atoms with Gasteiger partial charge in [-0.15, -0.1) is 0 Å². The molecule has 0 aliphatic heterocycles. The Bertz CT molecular complexity index is 697. The van der Waals surface area contributed by atoms with Crippen molar-refractivity contribution in [1.82, 2.24) is 0 Å². The van der Waals surface area contributed by atoms with E-state index in [1.54, 1.807) is 12.2 Å². The van der Waals surface area contributed by atoms with E-state index in [1.165, 1.54) is 0 Å². The minimum absolute atomic E-state index is 0.0172. The molecule has 1 fully saturated rings. The molecule has 23 heavy (non-hydrogen) atoms. The highest BCUT2D eigenvalue weighted by atomic mass is 19.1. The summed E-state index contributed by atoms with van der Waals surface area (Å²) in [5.74, 6) is -0.137. The molecule has 0 aromatic heterocycles. The van der Waals surface area contributed by atoms with Crippen LogP contribution in [0.2, 0.25) is 0 Å². The van der Waals surface area contributed by atoms with Gasteiger partial charge in [0.1, 0.15) is 6.07 Å². The van der Waals surface area contributed by atoms with Gasteiger partial charge in [0.2, 0.25) is 0 Å². The van der Waals surface area contributed by atoms with Crippen LogP contribution in [0.3, 0.4) is 0 Å². The summed E-state index contributed by atoms with van der Waals surface area (Å²) in [6, 6.07) is 2.01. The Kier molecular flexibility index (Phi) is 3.41. The number of hydrogen-bond donors (Lipinski definition) is 0. The van der Waals surface area contributed by atoms with E-state index >= 15 is 0 Å². The van der Waals surface area contributed by atoms with Crippen LogP contribution in [0.4, 0.5) is 4.39 Å². The lowest BCUT2D eigenvalue weighted by Crippen LogP contribution is -2.54. The van der Waals surface area contributed by atoms with E-state index in [2.05, 4.69) is 0 Å².